The fraction of sp³-hybridized carbons (Fsp3) is 0.294. The summed E-state index contributed by atoms with van der Waals surface area (Å²) in [5.74, 6) is -0.955. The zero-order valence-electron chi connectivity index (χ0n) is 11.8. The van der Waals surface area contributed by atoms with Crippen molar-refractivity contribution in [1.82, 2.24) is 5.32 Å². The van der Waals surface area contributed by atoms with E-state index in [1.54, 1.807) is 0 Å². The summed E-state index contributed by atoms with van der Waals surface area (Å²) in [6.45, 7) is 4.67. The van der Waals surface area contributed by atoms with Gasteiger partial charge in [-0.25, -0.2) is 8.78 Å². The van der Waals surface area contributed by atoms with Gasteiger partial charge in [0.25, 0.3) is 0 Å². The molecule has 0 amide bonds. The number of rotatable bonds is 5. The molecule has 0 bridgehead atoms. The van der Waals surface area contributed by atoms with Gasteiger partial charge in [0.1, 0.15) is 11.6 Å². The van der Waals surface area contributed by atoms with E-state index in [1.807, 2.05) is 32.0 Å². The van der Waals surface area contributed by atoms with Gasteiger partial charge in [0.05, 0.1) is 0 Å². The van der Waals surface area contributed by atoms with Crippen LogP contribution in [0.25, 0.3) is 0 Å². The Balaban J connectivity index is 1.94. The van der Waals surface area contributed by atoms with Crippen LogP contribution in [-0.2, 0) is 13.0 Å². The second-order valence-corrected chi connectivity index (χ2v) is 5.18. The van der Waals surface area contributed by atoms with Crippen molar-refractivity contribution in [1.29, 1.82) is 0 Å². The third kappa shape index (κ3) is 3.87. The molecule has 0 aliphatic rings. The van der Waals surface area contributed by atoms with Crippen molar-refractivity contribution in [3.63, 3.8) is 0 Å². The summed E-state index contributed by atoms with van der Waals surface area (Å²) in [7, 11) is 0. The smallest absolute Gasteiger partial charge is 0.129 e. The predicted octanol–water partition coefficient (Wildman–Crippen LogP) is 3.99. The van der Waals surface area contributed by atoms with Crippen LogP contribution in [0.5, 0.6) is 0 Å². The van der Waals surface area contributed by atoms with Crippen LogP contribution in [-0.4, -0.2) is 6.04 Å². The molecule has 2 aromatic carbocycles. The van der Waals surface area contributed by atoms with Crippen LogP contribution in [0.2, 0.25) is 0 Å². The average Bonchev–Trinajstić information content (AvgIpc) is 2.41. The number of aryl methyl sites for hydroxylation is 1. The summed E-state index contributed by atoms with van der Waals surface area (Å²) in [5, 5.41) is 3.30. The lowest BCUT2D eigenvalue weighted by molar-refractivity contribution is 0.499. The van der Waals surface area contributed by atoms with Gasteiger partial charge in [-0.05, 0) is 38.0 Å². The van der Waals surface area contributed by atoms with Gasteiger partial charge >= 0.3 is 0 Å². The molecule has 3 heteroatoms. The van der Waals surface area contributed by atoms with Crippen LogP contribution in [0.4, 0.5) is 8.78 Å². The first-order chi connectivity index (χ1) is 9.56. The number of nitrogens with one attached hydrogen (secondary N) is 1. The molecule has 1 N–H and O–H groups in total. The molecule has 1 unspecified atom stereocenters. The molecule has 2 rings (SSSR count). The molecule has 1 nitrogen and oxygen atoms in total. The summed E-state index contributed by atoms with van der Waals surface area (Å²) in [6.07, 6.45) is 0.338. The maximum Gasteiger partial charge on any atom is 0.129 e. The molecule has 0 radical (unpaired) electrons. The lowest BCUT2D eigenvalue weighted by Gasteiger charge is -2.15. The van der Waals surface area contributed by atoms with Gasteiger partial charge in [-0.1, -0.05) is 35.9 Å². The summed E-state index contributed by atoms with van der Waals surface area (Å²) in [5.41, 5.74) is 2.53. The van der Waals surface area contributed by atoms with E-state index in [0.29, 0.717) is 13.0 Å². The Morgan fingerprint density at radius 1 is 1.05 bits per heavy atom. The Morgan fingerprint density at radius 2 is 1.70 bits per heavy atom. The van der Waals surface area contributed by atoms with E-state index in [-0.39, 0.29) is 11.6 Å². The van der Waals surface area contributed by atoms with Crippen LogP contribution in [0, 0.1) is 18.6 Å². The molecule has 2 aromatic rings. The first-order valence-electron chi connectivity index (χ1n) is 6.78. The third-order valence-electron chi connectivity index (χ3n) is 3.31. The number of hydrogen-bond acceptors (Lipinski definition) is 1. The molecular weight excluding hydrogens is 256 g/mol. The van der Waals surface area contributed by atoms with Crippen LogP contribution < -0.4 is 5.32 Å². The zero-order valence-corrected chi connectivity index (χ0v) is 11.8. The van der Waals surface area contributed by atoms with Crippen LogP contribution >= 0.6 is 0 Å². The molecule has 0 saturated carbocycles. The molecule has 0 heterocycles. The number of halogens is 2. The van der Waals surface area contributed by atoms with Crippen LogP contribution in [0.15, 0.2) is 42.5 Å². The van der Waals surface area contributed by atoms with Gasteiger partial charge in [0, 0.05) is 18.2 Å². The Morgan fingerprint density at radius 3 is 2.35 bits per heavy atom. The maximum absolute atomic E-state index is 13.6. The molecule has 20 heavy (non-hydrogen) atoms. The Labute approximate surface area is 118 Å². The average molecular weight is 275 g/mol. The fourth-order valence-corrected chi connectivity index (χ4v) is 2.22. The normalized spacial score (nSPS) is 12.4. The molecular formula is C17H19F2N. The Kier molecular flexibility index (Phi) is 4.85. The highest BCUT2D eigenvalue weighted by molar-refractivity contribution is 5.23. The molecule has 0 fully saturated rings. The predicted molar refractivity (Wildman–Crippen MR) is 77.5 cm³/mol. The van der Waals surface area contributed by atoms with E-state index in [9.17, 15) is 8.78 Å². The van der Waals surface area contributed by atoms with Crippen molar-refractivity contribution >= 4 is 0 Å². The van der Waals surface area contributed by atoms with Crippen LogP contribution in [0.1, 0.15) is 23.6 Å². The van der Waals surface area contributed by atoms with Crippen molar-refractivity contribution < 1.29 is 8.78 Å². The van der Waals surface area contributed by atoms with Crippen molar-refractivity contribution in [3.8, 4) is 0 Å². The number of benzene rings is 2. The van der Waals surface area contributed by atoms with E-state index < -0.39 is 11.6 Å². The highest BCUT2D eigenvalue weighted by Gasteiger charge is 2.12. The van der Waals surface area contributed by atoms with E-state index in [4.69, 9.17) is 0 Å². The van der Waals surface area contributed by atoms with Gasteiger partial charge < -0.3 is 5.32 Å². The van der Waals surface area contributed by atoms with E-state index >= 15 is 0 Å². The third-order valence-corrected chi connectivity index (χ3v) is 3.31. The van der Waals surface area contributed by atoms with E-state index in [2.05, 4.69) is 11.4 Å². The minimum absolute atomic E-state index is 0.00177. The van der Waals surface area contributed by atoms with Gasteiger partial charge in [-0.2, -0.15) is 0 Å². The second kappa shape index (κ2) is 6.62. The SMILES string of the molecule is Cc1cccc(CNC(C)Cc2c(F)cccc2F)c1. The van der Waals surface area contributed by atoms with Crippen molar-refractivity contribution in [2.45, 2.75) is 32.9 Å². The molecule has 106 valence electrons. The van der Waals surface area contributed by atoms with Crippen LogP contribution in [0.3, 0.4) is 0 Å². The molecule has 0 aliphatic heterocycles. The first kappa shape index (κ1) is 14.7. The second-order valence-electron chi connectivity index (χ2n) is 5.18. The molecule has 0 spiro atoms. The molecule has 0 saturated heterocycles. The minimum atomic E-state index is -0.478. The lowest BCUT2D eigenvalue weighted by Crippen LogP contribution is -2.28. The van der Waals surface area contributed by atoms with Gasteiger partial charge in [0.15, 0.2) is 0 Å². The van der Waals surface area contributed by atoms with Gasteiger partial charge in [-0.15, -0.1) is 0 Å². The standard InChI is InChI=1S/C17H19F2N/c1-12-5-3-6-14(9-12)11-20-13(2)10-15-16(18)7-4-8-17(15)19/h3-9,13,20H,10-11H2,1-2H3. The summed E-state index contributed by atoms with van der Waals surface area (Å²) >= 11 is 0. The Bertz CT molecular complexity index is 561. The highest BCUT2D eigenvalue weighted by Crippen LogP contribution is 2.14. The largest absolute Gasteiger partial charge is 0.310 e. The summed E-state index contributed by atoms with van der Waals surface area (Å²) < 4.78 is 27.1. The number of hydrogen-bond donors (Lipinski definition) is 1. The molecule has 1 atom stereocenters. The topological polar surface area (TPSA) is 12.0 Å². The van der Waals surface area contributed by atoms with Gasteiger partial charge in [0.2, 0.25) is 0 Å². The van der Waals surface area contributed by atoms with E-state index in [0.717, 1.165) is 0 Å². The zero-order chi connectivity index (χ0) is 14.5. The summed E-state index contributed by atoms with van der Waals surface area (Å²) in [6, 6.07) is 12.2. The van der Waals surface area contributed by atoms with Gasteiger partial charge in [-0.3, -0.25) is 0 Å². The van der Waals surface area contributed by atoms with E-state index in [1.165, 1.54) is 29.3 Å². The summed E-state index contributed by atoms with van der Waals surface area (Å²) in [4.78, 5) is 0. The quantitative estimate of drug-likeness (QED) is 0.870. The lowest BCUT2D eigenvalue weighted by atomic mass is 10.1. The minimum Gasteiger partial charge on any atom is -0.310 e. The van der Waals surface area contributed by atoms with Crippen molar-refractivity contribution in [2.75, 3.05) is 0 Å². The Hall–Kier alpha value is -1.74. The molecule has 0 aliphatic carbocycles. The fourth-order valence-electron chi connectivity index (χ4n) is 2.22. The van der Waals surface area contributed by atoms with Crippen molar-refractivity contribution in [3.05, 3.63) is 70.8 Å². The molecule has 0 aromatic heterocycles. The highest BCUT2D eigenvalue weighted by atomic mass is 19.1. The first-order valence-corrected chi connectivity index (χ1v) is 6.78. The van der Waals surface area contributed by atoms with Crippen molar-refractivity contribution in [2.24, 2.45) is 0 Å². The maximum atomic E-state index is 13.6. The monoisotopic (exact) mass is 275 g/mol.